The lowest BCUT2D eigenvalue weighted by Gasteiger charge is -2.20. The third-order valence-electron chi connectivity index (χ3n) is 5.59. The van der Waals surface area contributed by atoms with Crippen LogP contribution in [0.1, 0.15) is 48.5 Å². The van der Waals surface area contributed by atoms with Crippen LogP contribution in [-0.4, -0.2) is 28.6 Å². The predicted octanol–water partition coefficient (Wildman–Crippen LogP) is 5.65. The average Bonchev–Trinajstić information content (AvgIpc) is 3.54. The Morgan fingerprint density at radius 1 is 1.37 bits per heavy atom. The minimum atomic E-state index is -0.732. The zero-order valence-electron chi connectivity index (χ0n) is 19.2. The SMILES string of the molecule is CN/N=C(/Cc1cc(CC2CC2)no1)C(=N)c1ccc(F)cc1[C@@H](C)Oc1cc(Br)cnc1N=O. The Labute approximate surface area is 209 Å². The van der Waals surface area contributed by atoms with Gasteiger partial charge in [-0.2, -0.15) is 5.10 Å². The predicted molar refractivity (Wildman–Crippen MR) is 133 cm³/mol. The number of hydrogen-bond acceptors (Lipinski definition) is 9. The van der Waals surface area contributed by atoms with Gasteiger partial charge in [0.05, 0.1) is 23.5 Å². The van der Waals surface area contributed by atoms with Crippen LogP contribution >= 0.6 is 15.9 Å². The van der Waals surface area contributed by atoms with E-state index in [-0.39, 0.29) is 23.7 Å². The Balaban J connectivity index is 1.60. The van der Waals surface area contributed by atoms with E-state index in [1.165, 1.54) is 37.2 Å². The number of nitrogens with zero attached hydrogens (tertiary/aromatic N) is 4. The number of pyridine rings is 1. The van der Waals surface area contributed by atoms with E-state index in [2.05, 4.69) is 41.8 Å². The summed E-state index contributed by atoms with van der Waals surface area (Å²) in [6.45, 7) is 1.69. The molecule has 3 aromatic rings. The number of benzene rings is 1. The number of rotatable bonds is 11. The van der Waals surface area contributed by atoms with E-state index in [0.717, 1.165) is 12.1 Å². The first-order valence-electron chi connectivity index (χ1n) is 11.1. The highest BCUT2D eigenvalue weighted by atomic mass is 79.9. The van der Waals surface area contributed by atoms with Gasteiger partial charge in [-0.1, -0.05) is 5.16 Å². The molecule has 0 saturated heterocycles. The molecule has 182 valence electrons. The lowest BCUT2D eigenvalue weighted by atomic mass is 9.95. The van der Waals surface area contributed by atoms with E-state index in [1.54, 1.807) is 20.0 Å². The molecule has 0 spiro atoms. The Morgan fingerprint density at radius 2 is 2.17 bits per heavy atom. The van der Waals surface area contributed by atoms with E-state index in [9.17, 15) is 9.30 Å². The fraction of sp³-hybridized carbons (Fsp3) is 0.333. The van der Waals surface area contributed by atoms with Crippen LogP contribution in [0.3, 0.4) is 0 Å². The molecular weight excluding hydrogens is 519 g/mol. The van der Waals surface area contributed by atoms with Gasteiger partial charge in [-0.15, -0.1) is 4.91 Å². The van der Waals surface area contributed by atoms with Crippen LogP contribution in [0.25, 0.3) is 0 Å². The van der Waals surface area contributed by atoms with Gasteiger partial charge in [-0.3, -0.25) is 5.41 Å². The molecule has 0 aliphatic heterocycles. The molecule has 0 unspecified atom stereocenters. The first-order valence-corrected chi connectivity index (χ1v) is 11.9. The Hall–Kier alpha value is -3.47. The Bertz CT molecular complexity index is 1270. The van der Waals surface area contributed by atoms with E-state index in [0.29, 0.717) is 33.0 Å². The van der Waals surface area contributed by atoms with Crippen LogP contribution in [0, 0.1) is 22.1 Å². The van der Waals surface area contributed by atoms with Gasteiger partial charge >= 0.3 is 0 Å². The summed E-state index contributed by atoms with van der Waals surface area (Å²) < 4.78 is 26.2. The largest absolute Gasteiger partial charge is 0.482 e. The van der Waals surface area contributed by atoms with Crippen LogP contribution < -0.4 is 10.2 Å². The number of ether oxygens (including phenoxy) is 1. The molecule has 9 nitrogen and oxygen atoms in total. The van der Waals surface area contributed by atoms with Crippen LogP contribution in [0.2, 0.25) is 0 Å². The zero-order chi connectivity index (χ0) is 24.9. The number of hydrogen-bond donors (Lipinski definition) is 2. The molecular formula is C24H24BrFN6O3. The summed E-state index contributed by atoms with van der Waals surface area (Å²) >= 11 is 3.29. The lowest BCUT2D eigenvalue weighted by Crippen LogP contribution is -2.22. The van der Waals surface area contributed by atoms with Gasteiger partial charge in [0, 0.05) is 34.9 Å². The van der Waals surface area contributed by atoms with Gasteiger partial charge in [0.1, 0.15) is 17.7 Å². The summed E-state index contributed by atoms with van der Waals surface area (Å²) in [5, 5.41) is 20.2. The summed E-state index contributed by atoms with van der Waals surface area (Å²) in [6, 6.07) is 7.53. The molecule has 1 aliphatic rings. The lowest BCUT2D eigenvalue weighted by molar-refractivity contribution is 0.226. The third-order valence-corrected chi connectivity index (χ3v) is 6.02. The standard InChI is InChI=1S/C24H24BrFN6O3/c1-13(34-22-8-15(25)12-29-24(22)31-33)20-9-16(26)5-6-19(20)23(27)21(30-28-2)11-18-10-17(32-35-18)7-14-3-4-14/h5-6,8-10,12-14,27-28H,3-4,7,11H2,1-2H3/b27-23?,30-21-/t13-/m1/s1. The summed E-state index contributed by atoms with van der Waals surface area (Å²) in [7, 11) is 1.64. The highest BCUT2D eigenvalue weighted by molar-refractivity contribution is 9.10. The minimum absolute atomic E-state index is 0.0750. The smallest absolute Gasteiger partial charge is 0.239 e. The number of nitroso groups, excluding NO2 is 1. The number of hydrazone groups is 1. The minimum Gasteiger partial charge on any atom is -0.482 e. The summed E-state index contributed by atoms with van der Waals surface area (Å²) in [4.78, 5) is 15.1. The maximum atomic E-state index is 14.2. The first-order chi connectivity index (χ1) is 16.9. The fourth-order valence-electron chi connectivity index (χ4n) is 3.71. The van der Waals surface area contributed by atoms with Crippen molar-refractivity contribution in [2.24, 2.45) is 16.2 Å². The molecule has 35 heavy (non-hydrogen) atoms. The van der Waals surface area contributed by atoms with Gasteiger partial charge in [0.15, 0.2) is 5.75 Å². The maximum absolute atomic E-state index is 14.2. The normalized spacial score (nSPS) is 14.5. The summed E-state index contributed by atoms with van der Waals surface area (Å²) in [5.41, 5.74) is 4.92. The quantitative estimate of drug-likeness (QED) is 0.183. The van der Waals surface area contributed by atoms with Crippen molar-refractivity contribution < 1.29 is 13.7 Å². The molecule has 1 atom stereocenters. The highest BCUT2D eigenvalue weighted by Gasteiger charge is 2.25. The highest BCUT2D eigenvalue weighted by Crippen LogP contribution is 2.34. The van der Waals surface area contributed by atoms with Gasteiger partial charge in [-0.05, 0) is 77.5 Å². The summed E-state index contributed by atoms with van der Waals surface area (Å²) in [6.07, 6.45) is 4.25. The van der Waals surface area contributed by atoms with Gasteiger partial charge in [-0.25, -0.2) is 9.37 Å². The van der Waals surface area contributed by atoms with E-state index >= 15 is 0 Å². The maximum Gasteiger partial charge on any atom is 0.239 e. The topological polar surface area (TPSA) is 126 Å². The Kier molecular flexibility index (Phi) is 7.64. The number of aromatic nitrogens is 2. The monoisotopic (exact) mass is 542 g/mol. The molecule has 4 rings (SSSR count). The van der Waals surface area contributed by atoms with Crippen molar-refractivity contribution >= 4 is 33.2 Å². The average molecular weight is 543 g/mol. The van der Waals surface area contributed by atoms with Gasteiger partial charge in [0.25, 0.3) is 0 Å². The van der Waals surface area contributed by atoms with Crippen molar-refractivity contribution in [3.05, 3.63) is 74.3 Å². The van der Waals surface area contributed by atoms with Crippen LogP contribution in [0.15, 0.2) is 55.8 Å². The molecule has 1 aromatic carbocycles. The molecule has 2 N–H and O–H groups in total. The molecule has 1 saturated carbocycles. The Morgan fingerprint density at radius 3 is 2.89 bits per heavy atom. The second-order valence-electron chi connectivity index (χ2n) is 8.32. The molecule has 2 aromatic heterocycles. The molecule has 1 aliphatic carbocycles. The van der Waals surface area contributed by atoms with E-state index < -0.39 is 11.9 Å². The van der Waals surface area contributed by atoms with Crippen molar-refractivity contribution in [2.45, 2.75) is 38.7 Å². The number of nitrogens with one attached hydrogen (secondary N) is 2. The van der Waals surface area contributed by atoms with Crippen LogP contribution in [-0.2, 0) is 12.8 Å². The van der Waals surface area contributed by atoms with Crippen LogP contribution in [0.4, 0.5) is 10.2 Å². The molecule has 0 radical (unpaired) electrons. The van der Waals surface area contributed by atoms with Gasteiger partial charge < -0.3 is 14.7 Å². The van der Waals surface area contributed by atoms with E-state index in [4.69, 9.17) is 14.7 Å². The van der Waals surface area contributed by atoms with Gasteiger partial charge in [0.2, 0.25) is 5.82 Å². The molecule has 2 heterocycles. The molecule has 11 heteroatoms. The summed E-state index contributed by atoms with van der Waals surface area (Å²) in [5.74, 6) is 0.792. The molecule has 1 fully saturated rings. The number of halogens is 2. The molecule has 0 amide bonds. The van der Waals surface area contributed by atoms with Crippen molar-refractivity contribution in [2.75, 3.05) is 7.05 Å². The zero-order valence-corrected chi connectivity index (χ0v) is 20.8. The van der Waals surface area contributed by atoms with Crippen molar-refractivity contribution in [1.82, 2.24) is 15.6 Å². The van der Waals surface area contributed by atoms with Crippen LogP contribution in [0.5, 0.6) is 5.75 Å². The van der Waals surface area contributed by atoms with Crippen molar-refractivity contribution in [1.29, 1.82) is 5.41 Å². The fourth-order valence-corrected chi connectivity index (χ4v) is 4.02. The van der Waals surface area contributed by atoms with E-state index in [1.807, 2.05) is 6.07 Å². The second-order valence-corrected chi connectivity index (χ2v) is 9.24. The molecule has 0 bridgehead atoms. The third kappa shape index (κ3) is 6.16. The van der Waals surface area contributed by atoms with Crippen molar-refractivity contribution in [3.63, 3.8) is 0 Å². The first kappa shape index (κ1) is 24.6. The second kappa shape index (κ2) is 10.9. The van der Waals surface area contributed by atoms with Crippen molar-refractivity contribution in [3.8, 4) is 5.75 Å².